The normalized spacial score (nSPS) is 17.3. The van der Waals surface area contributed by atoms with Crippen LogP contribution >= 0.6 is 0 Å². The van der Waals surface area contributed by atoms with Gasteiger partial charge in [-0.2, -0.15) is 4.98 Å². The van der Waals surface area contributed by atoms with Crippen molar-refractivity contribution in [2.75, 3.05) is 0 Å². The van der Waals surface area contributed by atoms with Crippen LogP contribution in [-0.2, 0) is 6.42 Å². The van der Waals surface area contributed by atoms with Crippen LogP contribution in [0.4, 0.5) is 0 Å². The van der Waals surface area contributed by atoms with Crippen molar-refractivity contribution >= 4 is 10.9 Å². The topological polar surface area (TPSA) is 80.7 Å². The third-order valence-electron chi connectivity index (χ3n) is 4.61. The maximum atomic E-state index is 6.28. The molecule has 0 saturated heterocycles. The van der Waals surface area contributed by atoms with Crippen LogP contribution in [0, 0.1) is 0 Å². The molecule has 1 aliphatic carbocycles. The predicted octanol–water partition coefficient (Wildman–Crippen LogP) is 3.45. The Bertz CT molecular complexity index is 770. The molecule has 0 spiro atoms. The number of nitrogens with one attached hydrogen (secondary N) is 1. The molecule has 4 rings (SSSR count). The van der Waals surface area contributed by atoms with E-state index >= 15 is 0 Å². The van der Waals surface area contributed by atoms with Gasteiger partial charge in [0.1, 0.15) is 0 Å². The minimum atomic E-state index is -0.262. The molecule has 0 aliphatic heterocycles. The third kappa shape index (κ3) is 2.41. The van der Waals surface area contributed by atoms with E-state index in [9.17, 15) is 0 Å². The summed E-state index contributed by atoms with van der Waals surface area (Å²) in [5, 5.41) is 5.34. The number of nitrogens with two attached hydrogens (primary N) is 1. The fourth-order valence-corrected chi connectivity index (χ4v) is 3.37. The lowest BCUT2D eigenvalue weighted by atomic mass is 10.1. The number of nitrogens with zero attached hydrogens (tertiary/aromatic N) is 2. The molecule has 3 aromatic rings. The first-order valence-corrected chi connectivity index (χ1v) is 7.95. The van der Waals surface area contributed by atoms with Crippen LogP contribution in [0.15, 0.2) is 35.0 Å². The Hall–Kier alpha value is -2.14. The highest BCUT2D eigenvalue weighted by atomic mass is 16.5. The average Bonchev–Trinajstić information content (AvgIpc) is 3.28. The Morgan fingerprint density at radius 2 is 2.09 bits per heavy atom. The van der Waals surface area contributed by atoms with Crippen LogP contribution in [0.5, 0.6) is 0 Å². The fourth-order valence-electron chi connectivity index (χ4n) is 3.37. The highest BCUT2D eigenvalue weighted by Gasteiger charge is 2.24. The van der Waals surface area contributed by atoms with Gasteiger partial charge < -0.3 is 15.2 Å². The summed E-state index contributed by atoms with van der Waals surface area (Å²) >= 11 is 0. The van der Waals surface area contributed by atoms with Crippen molar-refractivity contribution in [1.82, 2.24) is 15.1 Å². The number of benzene rings is 1. The standard InChI is InChI=1S/C17H20N4O/c18-14(9-12-10-19-15-8-4-3-7-13(12)15)17-20-16(21-22-17)11-5-1-2-6-11/h3-4,7-8,10-11,14,19H,1-2,5-6,9,18H2/t14-/m0/s1. The Morgan fingerprint density at radius 3 is 2.95 bits per heavy atom. The van der Waals surface area contributed by atoms with E-state index in [1.54, 1.807) is 0 Å². The number of aromatic nitrogens is 3. The summed E-state index contributed by atoms with van der Waals surface area (Å²) in [5.74, 6) is 1.84. The Balaban J connectivity index is 1.53. The van der Waals surface area contributed by atoms with Crippen LogP contribution in [0.3, 0.4) is 0 Å². The SMILES string of the molecule is N[C@@H](Cc1c[nH]c2ccccc12)c1nc(C2CCCC2)no1. The fraction of sp³-hybridized carbons (Fsp3) is 0.412. The second kappa shape index (κ2) is 5.57. The lowest BCUT2D eigenvalue weighted by molar-refractivity contribution is 0.348. The number of H-pyrrole nitrogens is 1. The molecule has 3 N–H and O–H groups in total. The molecule has 2 aromatic heterocycles. The van der Waals surface area contributed by atoms with Gasteiger partial charge in [0.25, 0.3) is 0 Å². The second-order valence-corrected chi connectivity index (χ2v) is 6.14. The van der Waals surface area contributed by atoms with Crippen LogP contribution in [0.1, 0.15) is 54.9 Å². The zero-order chi connectivity index (χ0) is 14.9. The van der Waals surface area contributed by atoms with Gasteiger partial charge in [-0.15, -0.1) is 0 Å². The van der Waals surface area contributed by atoms with Crippen LogP contribution in [0.2, 0.25) is 0 Å². The maximum absolute atomic E-state index is 6.28. The highest BCUT2D eigenvalue weighted by molar-refractivity contribution is 5.83. The molecule has 1 atom stereocenters. The molecule has 1 aromatic carbocycles. The average molecular weight is 296 g/mol. The van der Waals surface area contributed by atoms with E-state index in [1.807, 2.05) is 18.3 Å². The third-order valence-corrected chi connectivity index (χ3v) is 4.61. The van der Waals surface area contributed by atoms with E-state index in [2.05, 4.69) is 27.3 Å². The van der Waals surface area contributed by atoms with Gasteiger partial charge in [-0.05, 0) is 30.9 Å². The Labute approximate surface area is 128 Å². The quantitative estimate of drug-likeness (QED) is 0.772. The summed E-state index contributed by atoms with van der Waals surface area (Å²) in [5.41, 5.74) is 8.59. The predicted molar refractivity (Wildman–Crippen MR) is 84.4 cm³/mol. The molecular formula is C17H20N4O. The Kier molecular flexibility index (Phi) is 3.42. The minimum Gasteiger partial charge on any atom is -0.361 e. The number of hydrogen-bond acceptors (Lipinski definition) is 4. The first-order valence-electron chi connectivity index (χ1n) is 7.95. The van der Waals surface area contributed by atoms with Crippen molar-refractivity contribution in [3.05, 3.63) is 47.7 Å². The van der Waals surface area contributed by atoms with Crippen LogP contribution in [0.25, 0.3) is 10.9 Å². The van der Waals surface area contributed by atoms with Gasteiger partial charge in [0, 0.05) is 23.0 Å². The lowest BCUT2D eigenvalue weighted by Crippen LogP contribution is -2.13. The molecule has 0 amide bonds. The smallest absolute Gasteiger partial charge is 0.243 e. The van der Waals surface area contributed by atoms with E-state index in [0.717, 1.165) is 24.2 Å². The molecule has 2 heterocycles. The molecule has 0 bridgehead atoms. The molecule has 0 radical (unpaired) electrons. The first-order chi connectivity index (χ1) is 10.8. The number of para-hydroxylation sites is 1. The molecule has 1 aliphatic rings. The van der Waals surface area contributed by atoms with Gasteiger partial charge in [0.15, 0.2) is 5.82 Å². The molecular weight excluding hydrogens is 276 g/mol. The van der Waals surface area contributed by atoms with Crippen molar-refractivity contribution in [3.63, 3.8) is 0 Å². The van der Waals surface area contributed by atoms with Crippen molar-refractivity contribution in [2.24, 2.45) is 5.73 Å². The zero-order valence-corrected chi connectivity index (χ0v) is 12.5. The molecule has 0 unspecified atom stereocenters. The van der Waals surface area contributed by atoms with Gasteiger partial charge in [-0.3, -0.25) is 0 Å². The van der Waals surface area contributed by atoms with Gasteiger partial charge in [-0.25, -0.2) is 0 Å². The molecule has 1 fully saturated rings. The van der Waals surface area contributed by atoms with Crippen molar-refractivity contribution in [1.29, 1.82) is 0 Å². The summed E-state index contributed by atoms with van der Waals surface area (Å²) in [4.78, 5) is 7.81. The van der Waals surface area contributed by atoms with E-state index in [4.69, 9.17) is 10.3 Å². The first kappa shape index (κ1) is 13.5. The van der Waals surface area contributed by atoms with Crippen molar-refractivity contribution < 1.29 is 4.52 Å². The van der Waals surface area contributed by atoms with Crippen molar-refractivity contribution in [2.45, 2.75) is 44.1 Å². The molecule has 5 heteroatoms. The largest absolute Gasteiger partial charge is 0.361 e. The monoisotopic (exact) mass is 296 g/mol. The number of fused-ring (bicyclic) bond motifs is 1. The summed E-state index contributed by atoms with van der Waals surface area (Å²) in [6.07, 6.45) is 7.55. The zero-order valence-electron chi connectivity index (χ0n) is 12.5. The minimum absolute atomic E-state index is 0.262. The summed E-state index contributed by atoms with van der Waals surface area (Å²) in [7, 11) is 0. The number of hydrogen-bond donors (Lipinski definition) is 2. The van der Waals surface area contributed by atoms with E-state index < -0.39 is 0 Å². The van der Waals surface area contributed by atoms with Crippen molar-refractivity contribution in [3.8, 4) is 0 Å². The number of aromatic amines is 1. The lowest BCUT2D eigenvalue weighted by Gasteiger charge is -2.05. The molecule has 5 nitrogen and oxygen atoms in total. The molecule has 22 heavy (non-hydrogen) atoms. The molecule has 1 saturated carbocycles. The molecule has 114 valence electrons. The Morgan fingerprint density at radius 1 is 1.27 bits per heavy atom. The van der Waals surface area contributed by atoms with E-state index in [1.165, 1.54) is 23.8 Å². The summed E-state index contributed by atoms with van der Waals surface area (Å²) < 4.78 is 5.40. The summed E-state index contributed by atoms with van der Waals surface area (Å²) in [6, 6.07) is 7.97. The van der Waals surface area contributed by atoms with Gasteiger partial charge in [-0.1, -0.05) is 36.2 Å². The van der Waals surface area contributed by atoms with Gasteiger partial charge in [0.05, 0.1) is 6.04 Å². The summed E-state index contributed by atoms with van der Waals surface area (Å²) in [6.45, 7) is 0. The van der Waals surface area contributed by atoms with Gasteiger partial charge in [0.2, 0.25) is 5.89 Å². The van der Waals surface area contributed by atoms with Gasteiger partial charge >= 0.3 is 0 Å². The highest BCUT2D eigenvalue weighted by Crippen LogP contribution is 2.33. The van der Waals surface area contributed by atoms with E-state index in [-0.39, 0.29) is 6.04 Å². The van der Waals surface area contributed by atoms with E-state index in [0.29, 0.717) is 18.2 Å². The second-order valence-electron chi connectivity index (χ2n) is 6.14. The van der Waals surface area contributed by atoms with Crippen LogP contribution < -0.4 is 5.73 Å². The maximum Gasteiger partial charge on any atom is 0.243 e. The van der Waals surface area contributed by atoms with Crippen LogP contribution in [-0.4, -0.2) is 15.1 Å². The number of rotatable bonds is 4.